The normalized spacial score (nSPS) is 11.8. The van der Waals surface area contributed by atoms with E-state index in [2.05, 4.69) is 24.2 Å². The van der Waals surface area contributed by atoms with Gasteiger partial charge in [-0.25, -0.2) is 8.42 Å². The van der Waals surface area contributed by atoms with Gasteiger partial charge in [0.25, 0.3) is 10.1 Å². The first-order valence-corrected chi connectivity index (χ1v) is 16.5. The molecule has 0 aliphatic carbocycles. The third kappa shape index (κ3) is 40.7. The van der Waals surface area contributed by atoms with E-state index < -0.39 is 20.2 Å². The van der Waals surface area contributed by atoms with Crippen LogP contribution in [0.15, 0.2) is 4.99 Å². The predicted octanol–water partition coefficient (Wildman–Crippen LogP) is 3.18. The molecule has 0 aromatic rings. The summed E-state index contributed by atoms with van der Waals surface area (Å²) in [4.78, 5) is 15.2. The van der Waals surface area contributed by atoms with Crippen LogP contribution < -0.4 is 10.4 Å². The van der Waals surface area contributed by atoms with Gasteiger partial charge in [-0.2, -0.15) is 8.42 Å². The average molecular weight is 597 g/mol. The van der Waals surface area contributed by atoms with E-state index in [9.17, 15) is 31.3 Å². The van der Waals surface area contributed by atoms with Crippen LogP contribution in [-0.2, 0) is 25.0 Å². The standard InChI is InChI=1S/2C12H25NO4S.Ca/c2*1-2-3-4-5-6-9-12(14)13-10-7-8-11-18(15,16)17;/h2*2-11H2,1H3,(H,13,14)(H,15,16,17);/q;;+2/p-2. The summed E-state index contributed by atoms with van der Waals surface area (Å²) in [7, 11) is -7.99. The van der Waals surface area contributed by atoms with Crippen LogP contribution in [0, 0.1) is 0 Å². The summed E-state index contributed by atoms with van der Waals surface area (Å²) < 4.78 is 60.3. The molecule has 0 atom stereocenters. The van der Waals surface area contributed by atoms with Crippen LogP contribution in [0.4, 0.5) is 0 Å². The maximum atomic E-state index is 11.4. The van der Waals surface area contributed by atoms with E-state index in [0.717, 1.165) is 32.1 Å². The van der Waals surface area contributed by atoms with Crippen LogP contribution in [-0.4, -0.2) is 100 Å². The minimum absolute atomic E-state index is 0. The molecule has 0 heterocycles. The van der Waals surface area contributed by atoms with Gasteiger partial charge in [0.1, 0.15) is 0 Å². The summed E-state index contributed by atoms with van der Waals surface area (Å²) in [6.07, 6.45) is 13.8. The summed E-state index contributed by atoms with van der Waals surface area (Å²) in [6, 6.07) is 0. The van der Waals surface area contributed by atoms with Crippen molar-refractivity contribution >= 4 is 69.8 Å². The molecule has 0 unspecified atom stereocenters. The number of aliphatic imine (C=N–C) groups is 1. The molecular weight excluding hydrogens is 548 g/mol. The first-order chi connectivity index (χ1) is 16.9. The Balaban J connectivity index is -0.000000608. The van der Waals surface area contributed by atoms with Crippen molar-refractivity contribution in [3.8, 4) is 0 Å². The van der Waals surface area contributed by atoms with Gasteiger partial charge in [-0.3, -0.25) is 9.35 Å². The predicted molar refractivity (Wildman–Crippen MR) is 147 cm³/mol. The van der Waals surface area contributed by atoms with Crippen LogP contribution in [0.2, 0.25) is 0 Å². The number of rotatable bonds is 22. The van der Waals surface area contributed by atoms with Crippen LogP contribution in [0.1, 0.15) is 117 Å². The quantitative estimate of drug-likeness (QED) is 0.0629. The van der Waals surface area contributed by atoms with Crippen molar-refractivity contribution in [2.75, 3.05) is 24.6 Å². The average Bonchev–Trinajstić information content (AvgIpc) is 2.77. The molecule has 0 bridgehead atoms. The van der Waals surface area contributed by atoms with Gasteiger partial charge in [0.2, 0.25) is 5.91 Å². The van der Waals surface area contributed by atoms with E-state index in [4.69, 9.17) is 4.55 Å². The molecule has 37 heavy (non-hydrogen) atoms. The first-order valence-electron chi connectivity index (χ1n) is 13.3. The van der Waals surface area contributed by atoms with Crippen molar-refractivity contribution in [3.63, 3.8) is 0 Å². The zero-order chi connectivity index (χ0) is 27.7. The Kier molecular flexibility index (Phi) is 30.9. The molecule has 2 N–H and O–H groups in total. The Labute approximate surface area is 255 Å². The summed E-state index contributed by atoms with van der Waals surface area (Å²) >= 11 is 0. The summed E-state index contributed by atoms with van der Waals surface area (Å²) in [5, 5.41) is 14.0. The van der Waals surface area contributed by atoms with Gasteiger partial charge in [-0.15, -0.1) is 0 Å². The second-order valence-electron chi connectivity index (χ2n) is 8.92. The largest absolute Gasteiger partial charge is 2.00 e. The maximum absolute atomic E-state index is 11.4. The molecule has 0 aromatic carbocycles. The van der Waals surface area contributed by atoms with Gasteiger partial charge in [0, 0.05) is 25.3 Å². The molecule has 216 valence electrons. The third-order valence-corrected chi connectivity index (χ3v) is 6.84. The number of carbonyl (C=O) groups excluding carboxylic acids is 1. The summed E-state index contributed by atoms with van der Waals surface area (Å²) in [6.45, 7) is 5.09. The number of amides is 1. The zero-order valence-electron chi connectivity index (χ0n) is 22.9. The van der Waals surface area contributed by atoms with Crippen LogP contribution in [0.5, 0.6) is 0 Å². The second-order valence-corrected chi connectivity index (χ2v) is 12.0. The van der Waals surface area contributed by atoms with Gasteiger partial charge >= 0.3 is 37.7 Å². The van der Waals surface area contributed by atoms with E-state index in [-0.39, 0.29) is 67.5 Å². The Hall–Kier alpha value is 0.0197. The Morgan fingerprint density at radius 2 is 1.27 bits per heavy atom. The number of hydrogen-bond donors (Lipinski definition) is 2. The topological polar surface area (TPSA) is 176 Å². The molecule has 0 fully saturated rings. The first kappa shape index (κ1) is 41.5. The third-order valence-electron chi connectivity index (χ3n) is 5.24. The van der Waals surface area contributed by atoms with E-state index in [1.807, 2.05) is 0 Å². The van der Waals surface area contributed by atoms with Gasteiger partial charge in [-0.05, 0) is 50.8 Å². The molecule has 0 saturated carbocycles. The molecule has 0 saturated heterocycles. The second kappa shape index (κ2) is 27.6. The molecule has 0 aromatic heterocycles. The minimum atomic E-state index is -4.12. The Morgan fingerprint density at radius 3 is 1.78 bits per heavy atom. The van der Waals surface area contributed by atoms with E-state index >= 15 is 0 Å². The van der Waals surface area contributed by atoms with Gasteiger partial charge in [0.15, 0.2) is 0 Å². The van der Waals surface area contributed by atoms with Crippen molar-refractivity contribution in [3.05, 3.63) is 0 Å². The van der Waals surface area contributed by atoms with Crippen LogP contribution >= 0.6 is 0 Å². The number of hydrogen-bond acceptors (Lipinski definition) is 8. The fourth-order valence-corrected chi connectivity index (χ4v) is 4.29. The van der Waals surface area contributed by atoms with Crippen LogP contribution in [0.3, 0.4) is 0 Å². The Morgan fingerprint density at radius 1 is 0.757 bits per heavy atom. The smallest absolute Gasteiger partial charge is 0.862 e. The number of nitrogens with zero attached hydrogens (tertiary/aromatic N) is 1. The molecule has 0 rings (SSSR count). The number of unbranched alkanes of at least 4 members (excludes halogenated alkanes) is 10. The van der Waals surface area contributed by atoms with Gasteiger partial charge in [0.05, 0.1) is 15.9 Å². The molecule has 0 spiro atoms. The fraction of sp³-hybridized carbons (Fsp3) is 0.917. The van der Waals surface area contributed by atoms with Crippen molar-refractivity contribution < 1.29 is 35.8 Å². The van der Waals surface area contributed by atoms with Crippen molar-refractivity contribution in [2.45, 2.75) is 117 Å². The molecule has 0 radical (unpaired) electrons. The molecular formula is C24H48CaN2O8S2. The van der Waals surface area contributed by atoms with E-state index in [1.54, 1.807) is 0 Å². The van der Waals surface area contributed by atoms with Crippen molar-refractivity contribution in [1.29, 1.82) is 0 Å². The summed E-state index contributed by atoms with van der Waals surface area (Å²) in [5.41, 5.74) is 0. The number of carbonyl (C=O) groups is 1. The monoisotopic (exact) mass is 596 g/mol. The SMILES string of the molecule is CCCCCCCC(=O)NCCCCS(=O)(=O)O.CCCCCCCC([O-])=NCCCCS(=O)(=O)[O-].[Ca+2]. The number of nitrogens with one attached hydrogen (secondary N) is 1. The summed E-state index contributed by atoms with van der Waals surface area (Å²) in [5.74, 6) is -0.692. The molecule has 0 aliphatic heterocycles. The van der Waals surface area contributed by atoms with Gasteiger partial charge in [-0.1, -0.05) is 65.2 Å². The van der Waals surface area contributed by atoms with E-state index in [0.29, 0.717) is 45.2 Å². The van der Waals surface area contributed by atoms with Crippen molar-refractivity contribution in [2.24, 2.45) is 4.99 Å². The molecule has 1 amide bonds. The minimum Gasteiger partial charge on any atom is -0.862 e. The zero-order valence-corrected chi connectivity index (χ0v) is 26.8. The maximum Gasteiger partial charge on any atom is 2.00 e. The molecule has 13 heteroatoms. The molecule has 10 nitrogen and oxygen atoms in total. The molecule has 0 aliphatic rings. The fourth-order valence-electron chi connectivity index (χ4n) is 3.17. The Bertz CT molecular complexity index is 776. The van der Waals surface area contributed by atoms with Gasteiger partial charge < -0.3 is 20.0 Å². The van der Waals surface area contributed by atoms with E-state index in [1.165, 1.54) is 32.1 Å². The van der Waals surface area contributed by atoms with Crippen LogP contribution in [0.25, 0.3) is 0 Å². The van der Waals surface area contributed by atoms with Crippen molar-refractivity contribution in [1.82, 2.24) is 5.32 Å².